The Morgan fingerprint density at radius 2 is 1.95 bits per heavy atom. The van der Waals surface area contributed by atoms with Crippen LogP contribution in [0.25, 0.3) is 10.9 Å². The molecule has 7 heteroatoms. The van der Waals surface area contributed by atoms with Crippen LogP contribution in [0.15, 0.2) is 36.5 Å². The zero-order valence-electron chi connectivity index (χ0n) is 11.1. The Bertz CT molecular complexity index is 714. The molecular weight excluding hydrogens is 272 g/mol. The maximum Gasteiger partial charge on any atom is 0.251 e. The number of nitrogens with two attached hydrogens (primary N) is 2. The molecule has 0 spiro atoms. The van der Waals surface area contributed by atoms with E-state index in [0.717, 1.165) is 10.9 Å². The van der Waals surface area contributed by atoms with Crippen molar-refractivity contribution in [2.75, 3.05) is 0 Å². The minimum atomic E-state index is -1.13. The molecule has 0 saturated carbocycles. The number of amides is 3. The summed E-state index contributed by atoms with van der Waals surface area (Å²) in [6.45, 7) is 0. The Balaban J connectivity index is 2.20. The van der Waals surface area contributed by atoms with Crippen LogP contribution in [-0.4, -0.2) is 28.7 Å². The van der Waals surface area contributed by atoms with Crippen LogP contribution in [0, 0.1) is 0 Å². The van der Waals surface area contributed by atoms with Gasteiger partial charge in [0.25, 0.3) is 5.91 Å². The molecule has 3 amide bonds. The summed E-state index contributed by atoms with van der Waals surface area (Å²) in [6, 6.07) is 7.35. The number of fused-ring (bicyclic) bond motifs is 1. The van der Waals surface area contributed by atoms with Gasteiger partial charge < -0.3 is 16.8 Å². The van der Waals surface area contributed by atoms with Crippen molar-refractivity contribution < 1.29 is 14.4 Å². The Kier molecular flexibility index (Phi) is 4.13. The van der Waals surface area contributed by atoms with Crippen molar-refractivity contribution in [2.24, 2.45) is 11.5 Å². The number of rotatable bonds is 5. The smallest absolute Gasteiger partial charge is 0.251 e. The summed E-state index contributed by atoms with van der Waals surface area (Å²) in [5.41, 5.74) is 11.2. The molecule has 0 bridgehead atoms. The summed E-state index contributed by atoms with van der Waals surface area (Å²) in [6.07, 6.45) is 1.31. The summed E-state index contributed by atoms with van der Waals surface area (Å²) in [5, 5.41) is 3.18. The Hall–Kier alpha value is -2.96. The van der Waals surface area contributed by atoms with E-state index >= 15 is 0 Å². The predicted molar refractivity (Wildman–Crippen MR) is 76.0 cm³/mol. The topological polar surface area (TPSA) is 128 Å². The second-order valence-electron chi connectivity index (χ2n) is 4.51. The molecule has 0 aliphatic rings. The van der Waals surface area contributed by atoms with Gasteiger partial charge in [0, 0.05) is 17.1 Å². The van der Waals surface area contributed by atoms with E-state index in [1.807, 2.05) is 6.07 Å². The molecule has 1 aromatic heterocycles. The molecule has 2 aromatic rings. The first kappa shape index (κ1) is 14.4. The number of aromatic nitrogens is 1. The standard InChI is InChI=1S/C14H14N4O3/c15-12(19)7-11(13(16)20)18-14(21)9-3-4-10-8(6-9)2-1-5-17-10/h1-6,11H,7H2,(H2,15,19)(H2,16,20)(H,18,21). The molecule has 1 heterocycles. The minimum absolute atomic E-state index is 0.337. The number of benzene rings is 1. The number of carbonyl (C=O) groups excluding carboxylic acids is 3. The minimum Gasteiger partial charge on any atom is -0.370 e. The van der Waals surface area contributed by atoms with Gasteiger partial charge in [-0.15, -0.1) is 0 Å². The van der Waals surface area contributed by atoms with Crippen LogP contribution in [0.3, 0.4) is 0 Å². The van der Waals surface area contributed by atoms with E-state index in [1.54, 1.807) is 30.5 Å². The SMILES string of the molecule is NC(=O)CC(NC(=O)c1ccc2ncccc2c1)C(N)=O. The van der Waals surface area contributed by atoms with Gasteiger partial charge in [0.1, 0.15) is 6.04 Å². The molecule has 1 unspecified atom stereocenters. The third-order valence-corrected chi connectivity index (χ3v) is 2.92. The number of hydrogen-bond donors (Lipinski definition) is 3. The molecule has 0 aliphatic heterocycles. The van der Waals surface area contributed by atoms with Crippen LogP contribution >= 0.6 is 0 Å². The van der Waals surface area contributed by atoms with Gasteiger partial charge in [-0.2, -0.15) is 0 Å². The van der Waals surface area contributed by atoms with Gasteiger partial charge in [0.15, 0.2) is 0 Å². The monoisotopic (exact) mass is 286 g/mol. The highest BCUT2D eigenvalue weighted by atomic mass is 16.2. The van der Waals surface area contributed by atoms with E-state index in [1.165, 1.54) is 0 Å². The van der Waals surface area contributed by atoms with Crippen LogP contribution in [-0.2, 0) is 9.59 Å². The van der Waals surface area contributed by atoms with Crippen LogP contribution in [0.2, 0.25) is 0 Å². The van der Waals surface area contributed by atoms with Crippen molar-refractivity contribution >= 4 is 28.6 Å². The number of pyridine rings is 1. The maximum atomic E-state index is 12.1. The van der Waals surface area contributed by atoms with E-state index in [2.05, 4.69) is 10.3 Å². The van der Waals surface area contributed by atoms with Gasteiger partial charge >= 0.3 is 0 Å². The molecule has 7 nitrogen and oxygen atoms in total. The molecule has 0 fully saturated rings. The number of carbonyl (C=O) groups is 3. The zero-order chi connectivity index (χ0) is 15.4. The fourth-order valence-electron chi connectivity index (χ4n) is 1.88. The first-order valence-corrected chi connectivity index (χ1v) is 6.20. The van der Waals surface area contributed by atoms with Gasteiger partial charge in [-0.25, -0.2) is 0 Å². The predicted octanol–water partition coefficient (Wildman–Crippen LogP) is -0.306. The number of hydrogen-bond acceptors (Lipinski definition) is 4. The Labute approximate surface area is 120 Å². The lowest BCUT2D eigenvalue weighted by Crippen LogP contribution is -2.46. The van der Waals surface area contributed by atoms with E-state index in [4.69, 9.17) is 11.5 Å². The molecule has 5 N–H and O–H groups in total. The molecule has 108 valence electrons. The second kappa shape index (κ2) is 6.00. The maximum absolute atomic E-state index is 12.1. The fourth-order valence-corrected chi connectivity index (χ4v) is 1.88. The molecule has 1 aromatic carbocycles. The van der Waals surface area contributed by atoms with Crippen LogP contribution < -0.4 is 16.8 Å². The van der Waals surface area contributed by atoms with E-state index < -0.39 is 23.8 Å². The second-order valence-corrected chi connectivity index (χ2v) is 4.51. The summed E-state index contributed by atoms with van der Waals surface area (Å²) in [5.74, 6) is -2.04. The normalized spacial score (nSPS) is 11.8. The first-order chi connectivity index (χ1) is 9.97. The van der Waals surface area contributed by atoms with Gasteiger partial charge in [-0.3, -0.25) is 19.4 Å². The lowest BCUT2D eigenvalue weighted by Gasteiger charge is -2.13. The Morgan fingerprint density at radius 3 is 2.62 bits per heavy atom. The first-order valence-electron chi connectivity index (χ1n) is 6.20. The van der Waals surface area contributed by atoms with Crippen molar-refractivity contribution in [2.45, 2.75) is 12.5 Å². The van der Waals surface area contributed by atoms with Gasteiger partial charge in [0.05, 0.1) is 11.9 Å². The molecule has 21 heavy (non-hydrogen) atoms. The number of primary amides is 2. The highest BCUT2D eigenvalue weighted by Gasteiger charge is 2.21. The van der Waals surface area contributed by atoms with Crippen molar-refractivity contribution in [3.63, 3.8) is 0 Å². The van der Waals surface area contributed by atoms with Crippen LogP contribution in [0.5, 0.6) is 0 Å². The molecule has 0 saturated heterocycles. The van der Waals surface area contributed by atoms with Gasteiger partial charge in [0.2, 0.25) is 11.8 Å². The van der Waals surface area contributed by atoms with Gasteiger partial charge in [-0.05, 0) is 24.3 Å². The fraction of sp³-hybridized carbons (Fsp3) is 0.143. The summed E-state index contributed by atoms with van der Waals surface area (Å²) in [4.78, 5) is 38.3. The summed E-state index contributed by atoms with van der Waals surface area (Å²) >= 11 is 0. The molecular formula is C14H14N4O3. The van der Waals surface area contributed by atoms with E-state index in [9.17, 15) is 14.4 Å². The third kappa shape index (κ3) is 3.53. The number of nitrogens with zero attached hydrogens (tertiary/aromatic N) is 1. The molecule has 0 radical (unpaired) electrons. The van der Waals surface area contributed by atoms with Gasteiger partial charge in [-0.1, -0.05) is 6.07 Å². The summed E-state index contributed by atoms with van der Waals surface area (Å²) < 4.78 is 0. The van der Waals surface area contributed by atoms with E-state index in [-0.39, 0.29) is 6.42 Å². The highest BCUT2D eigenvalue weighted by molar-refractivity contribution is 6.00. The molecule has 0 aliphatic carbocycles. The van der Waals surface area contributed by atoms with Crippen molar-refractivity contribution in [1.29, 1.82) is 0 Å². The third-order valence-electron chi connectivity index (χ3n) is 2.92. The number of nitrogens with one attached hydrogen (secondary N) is 1. The largest absolute Gasteiger partial charge is 0.370 e. The lowest BCUT2D eigenvalue weighted by atomic mass is 10.1. The molecule has 2 rings (SSSR count). The zero-order valence-corrected chi connectivity index (χ0v) is 11.1. The quantitative estimate of drug-likeness (QED) is 0.696. The Morgan fingerprint density at radius 1 is 1.19 bits per heavy atom. The highest BCUT2D eigenvalue weighted by Crippen LogP contribution is 2.13. The average molecular weight is 286 g/mol. The summed E-state index contributed by atoms with van der Waals surface area (Å²) in [7, 11) is 0. The van der Waals surface area contributed by atoms with Crippen molar-refractivity contribution in [3.8, 4) is 0 Å². The lowest BCUT2D eigenvalue weighted by molar-refractivity contribution is -0.124. The van der Waals surface area contributed by atoms with Crippen molar-refractivity contribution in [1.82, 2.24) is 10.3 Å². The van der Waals surface area contributed by atoms with Crippen LogP contribution in [0.1, 0.15) is 16.8 Å². The van der Waals surface area contributed by atoms with Crippen molar-refractivity contribution in [3.05, 3.63) is 42.1 Å². The molecule has 1 atom stereocenters. The van der Waals surface area contributed by atoms with E-state index in [0.29, 0.717) is 5.56 Å². The average Bonchev–Trinajstić information content (AvgIpc) is 2.45. The van der Waals surface area contributed by atoms with Crippen LogP contribution in [0.4, 0.5) is 0 Å².